The maximum atomic E-state index is 6.48. The van der Waals surface area contributed by atoms with Crippen LogP contribution in [0.4, 0.5) is 0 Å². The van der Waals surface area contributed by atoms with Crippen molar-refractivity contribution in [1.82, 2.24) is 4.90 Å². The van der Waals surface area contributed by atoms with E-state index in [0.717, 1.165) is 5.92 Å². The molecule has 0 spiro atoms. The lowest BCUT2D eigenvalue weighted by atomic mass is 9.72. The Balaban J connectivity index is 2.87. The molecule has 2 heteroatoms. The molecule has 1 aliphatic carbocycles. The molecule has 2 N–H and O–H groups in total. The minimum absolute atomic E-state index is 0.368. The van der Waals surface area contributed by atoms with Crippen LogP contribution in [0.2, 0.25) is 0 Å². The number of nitrogens with two attached hydrogens (primary N) is 1. The fraction of sp³-hybridized carbons (Fsp3) is 1.00. The fourth-order valence-electron chi connectivity index (χ4n) is 3.67. The molecule has 19 heavy (non-hydrogen) atoms. The quantitative estimate of drug-likeness (QED) is 0.788. The largest absolute Gasteiger partial charge is 0.326 e. The SMILES string of the molecule is CCC(CC)N(CC(C)C)C1CC(C)(C)CCC1N. The Morgan fingerprint density at radius 3 is 2.26 bits per heavy atom. The molecule has 114 valence electrons. The second kappa shape index (κ2) is 7.08. The fourth-order valence-corrected chi connectivity index (χ4v) is 3.67. The summed E-state index contributed by atoms with van der Waals surface area (Å²) in [6.07, 6.45) is 6.21. The van der Waals surface area contributed by atoms with Crippen molar-refractivity contribution in [3.63, 3.8) is 0 Å². The summed E-state index contributed by atoms with van der Waals surface area (Å²) in [6.45, 7) is 15.3. The van der Waals surface area contributed by atoms with Crippen molar-refractivity contribution in [2.24, 2.45) is 17.1 Å². The van der Waals surface area contributed by atoms with Gasteiger partial charge in [0.15, 0.2) is 0 Å². The highest BCUT2D eigenvalue weighted by Crippen LogP contribution is 2.38. The van der Waals surface area contributed by atoms with Crippen molar-refractivity contribution in [3.05, 3.63) is 0 Å². The average molecular weight is 268 g/mol. The van der Waals surface area contributed by atoms with Crippen molar-refractivity contribution >= 4 is 0 Å². The highest BCUT2D eigenvalue weighted by Gasteiger charge is 2.38. The zero-order chi connectivity index (χ0) is 14.6. The van der Waals surface area contributed by atoms with E-state index in [1.165, 1.54) is 38.6 Å². The van der Waals surface area contributed by atoms with Crippen LogP contribution in [-0.4, -0.2) is 29.6 Å². The van der Waals surface area contributed by atoms with Crippen molar-refractivity contribution in [2.45, 2.75) is 91.8 Å². The predicted molar refractivity (Wildman–Crippen MR) is 85.3 cm³/mol. The zero-order valence-electron chi connectivity index (χ0n) is 14.1. The summed E-state index contributed by atoms with van der Waals surface area (Å²) in [5, 5.41) is 0. The Morgan fingerprint density at radius 1 is 1.21 bits per heavy atom. The van der Waals surface area contributed by atoms with Crippen LogP contribution in [0, 0.1) is 11.3 Å². The molecular weight excluding hydrogens is 232 g/mol. The summed E-state index contributed by atoms with van der Waals surface area (Å²) >= 11 is 0. The molecule has 2 nitrogen and oxygen atoms in total. The van der Waals surface area contributed by atoms with Gasteiger partial charge in [0.05, 0.1) is 0 Å². The Kier molecular flexibility index (Phi) is 6.32. The molecule has 0 heterocycles. The van der Waals surface area contributed by atoms with E-state index in [2.05, 4.69) is 46.4 Å². The van der Waals surface area contributed by atoms with Crippen LogP contribution in [0.15, 0.2) is 0 Å². The van der Waals surface area contributed by atoms with Gasteiger partial charge in [-0.05, 0) is 43.4 Å². The molecule has 0 aromatic rings. The summed E-state index contributed by atoms with van der Waals surface area (Å²) in [6, 6.07) is 1.65. The third-order valence-electron chi connectivity index (χ3n) is 4.82. The standard InChI is InChI=1S/C17H36N2/c1-7-14(8-2)19(12-13(3)4)16-11-17(5,6)10-9-15(16)18/h13-16H,7-12,18H2,1-6H3. The summed E-state index contributed by atoms with van der Waals surface area (Å²) in [7, 11) is 0. The first-order valence-corrected chi connectivity index (χ1v) is 8.32. The normalized spacial score (nSPS) is 27.5. The minimum atomic E-state index is 0.368. The van der Waals surface area contributed by atoms with Crippen LogP contribution < -0.4 is 5.73 Å². The van der Waals surface area contributed by atoms with Crippen LogP contribution in [0.5, 0.6) is 0 Å². The Morgan fingerprint density at radius 2 is 1.79 bits per heavy atom. The third kappa shape index (κ3) is 4.75. The molecule has 0 amide bonds. The first-order chi connectivity index (χ1) is 8.80. The maximum Gasteiger partial charge on any atom is 0.0255 e. The average Bonchev–Trinajstić information content (AvgIpc) is 2.32. The van der Waals surface area contributed by atoms with Gasteiger partial charge in [-0.15, -0.1) is 0 Å². The number of rotatable bonds is 6. The Labute approximate surface area is 121 Å². The second-order valence-corrected chi connectivity index (χ2v) is 7.70. The molecule has 0 aromatic heterocycles. The summed E-state index contributed by atoms with van der Waals surface area (Å²) in [5.41, 5.74) is 6.94. The van der Waals surface area contributed by atoms with E-state index in [-0.39, 0.29) is 0 Å². The van der Waals surface area contributed by atoms with Crippen molar-refractivity contribution < 1.29 is 0 Å². The molecular formula is C17H36N2. The van der Waals surface area contributed by atoms with Crippen molar-refractivity contribution in [3.8, 4) is 0 Å². The highest BCUT2D eigenvalue weighted by atomic mass is 15.2. The van der Waals surface area contributed by atoms with E-state index < -0.39 is 0 Å². The van der Waals surface area contributed by atoms with Gasteiger partial charge in [0.2, 0.25) is 0 Å². The molecule has 1 aliphatic rings. The summed E-state index contributed by atoms with van der Waals surface area (Å²) in [5.74, 6) is 0.720. The monoisotopic (exact) mass is 268 g/mol. The number of nitrogens with zero attached hydrogens (tertiary/aromatic N) is 1. The maximum absolute atomic E-state index is 6.48. The molecule has 0 aromatic carbocycles. The smallest absolute Gasteiger partial charge is 0.0255 e. The van der Waals surface area contributed by atoms with Crippen LogP contribution >= 0.6 is 0 Å². The van der Waals surface area contributed by atoms with E-state index >= 15 is 0 Å². The van der Waals surface area contributed by atoms with Gasteiger partial charge in [-0.2, -0.15) is 0 Å². The predicted octanol–water partition coefficient (Wildman–Crippen LogP) is 4.04. The molecule has 2 atom stereocenters. The lowest BCUT2D eigenvalue weighted by molar-refractivity contribution is 0.0345. The highest BCUT2D eigenvalue weighted by molar-refractivity contribution is 4.94. The van der Waals surface area contributed by atoms with Gasteiger partial charge in [0.25, 0.3) is 0 Å². The van der Waals surface area contributed by atoms with Crippen molar-refractivity contribution in [2.75, 3.05) is 6.54 Å². The first kappa shape index (κ1) is 17.0. The van der Waals surface area contributed by atoms with Crippen LogP contribution in [0.3, 0.4) is 0 Å². The van der Waals surface area contributed by atoms with Gasteiger partial charge in [0, 0.05) is 24.7 Å². The summed E-state index contributed by atoms with van der Waals surface area (Å²) < 4.78 is 0. The summed E-state index contributed by atoms with van der Waals surface area (Å²) in [4.78, 5) is 2.75. The van der Waals surface area contributed by atoms with E-state index in [9.17, 15) is 0 Å². The first-order valence-electron chi connectivity index (χ1n) is 8.32. The molecule has 0 bridgehead atoms. The zero-order valence-corrected chi connectivity index (χ0v) is 14.1. The van der Waals surface area contributed by atoms with Crippen LogP contribution in [-0.2, 0) is 0 Å². The second-order valence-electron chi connectivity index (χ2n) is 7.70. The van der Waals surface area contributed by atoms with E-state index in [1.807, 2.05) is 0 Å². The lowest BCUT2D eigenvalue weighted by Gasteiger charge is -2.48. The van der Waals surface area contributed by atoms with E-state index in [4.69, 9.17) is 5.73 Å². The van der Waals surface area contributed by atoms with Crippen LogP contribution in [0.25, 0.3) is 0 Å². The van der Waals surface area contributed by atoms with Crippen LogP contribution in [0.1, 0.15) is 73.6 Å². The van der Waals surface area contributed by atoms with Gasteiger partial charge >= 0.3 is 0 Å². The van der Waals surface area contributed by atoms with Gasteiger partial charge < -0.3 is 5.73 Å². The van der Waals surface area contributed by atoms with Gasteiger partial charge in [-0.3, -0.25) is 4.90 Å². The van der Waals surface area contributed by atoms with E-state index in [0.29, 0.717) is 23.5 Å². The molecule has 1 saturated carbocycles. The molecule has 1 fully saturated rings. The number of hydrogen-bond donors (Lipinski definition) is 1. The minimum Gasteiger partial charge on any atom is -0.326 e. The molecule has 0 radical (unpaired) electrons. The topological polar surface area (TPSA) is 29.3 Å². The molecule has 1 rings (SSSR count). The Bertz CT molecular complexity index is 256. The lowest BCUT2D eigenvalue weighted by Crippen LogP contribution is -2.56. The van der Waals surface area contributed by atoms with Gasteiger partial charge in [-0.1, -0.05) is 41.5 Å². The van der Waals surface area contributed by atoms with E-state index in [1.54, 1.807) is 0 Å². The molecule has 0 aliphatic heterocycles. The molecule has 2 unspecified atom stereocenters. The van der Waals surface area contributed by atoms with Crippen molar-refractivity contribution in [1.29, 1.82) is 0 Å². The van der Waals surface area contributed by atoms with Gasteiger partial charge in [-0.25, -0.2) is 0 Å². The Hall–Kier alpha value is -0.0800. The molecule has 0 saturated heterocycles. The number of hydrogen-bond acceptors (Lipinski definition) is 2. The third-order valence-corrected chi connectivity index (χ3v) is 4.82. The van der Waals surface area contributed by atoms with Gasteiger partial charge in [0.1, 0.15) is 0 Å².